The maximum Gasteiger partial charge on any atom is 0.353 e. The highest BCUT2D eigenvalue weighted by molar-refractivity contribution is 7.99. The van der Waals surface area contributed by atoms with Crippen molar-refractivity contribution in [1.82, 2.24) is 19.9 Å². The van der Waals surface area contributed by atoms with Crippen molar-refractivity contribution in [3.8, 4) is 0 Å². The molecule has 1 aliphatic heterocycles. The number of carboxylic acid groups (broad SMARTS) is 1. The Labute approximate surface area is 190 Å². The summed E-state index contributed by atoms with van der Waals surface area (Å²) in [6.07, 6.45) is 3.55. The number of nitrogens with zero attached hydrogens (tertiary/aromatic N) is 4. The van der Waals surface area contributed by atoms with Crippen molar-refractivity contribution >= 4 is 34.6 Å². The van der Waals surface area contributed by atoms with Gasteiger partial charge >= 0.3 is 5.97 Å². The van der Waals surface area contributed by atoms with E-state index in [4.69, 9.17) is 0 Å². The minimum atomic E-state index is -0.944. The van der Waals surface area contributed by atoms with Gasteiger partial charge < -0.3 is 15.0 Å². The first-order valence-electron chi connectivity index (χ1n) is 10.5. The summed E-state index contributed by atoms with van der Waals surface area (Å²) in [5.41, 5.74) is 2.26. The summed E-state index contributed by atoms with van der Waals surface area (Å²) in [5.74, 6) is -0.162. The molecule has 1 saturated heterocycles. The molecule has 32 heavy (non-hydrogen) atoms. The molecule has 0 atom stereocenters. The van der Waals surface area contributed by atoms with Crippen molar-refractivity contribution in [1.29, 1.82) is 0 Å². The Morgan fingerprint density at radius 3 is 2.47 bits per heavy atom. The smallest absolute Gasteiger partial charge is 0.353 e. The maximum atomic E-state index is 11.9. The Bertz CT molecular complexity index is 1220. The lowest BCUT2D eigenvalue weighted by molar-refractivity contribution is 0.0688. The molecule has 0 spiro atoms. The van der Waals surface area contributed by atoms with E-state index < -0.39 is 5.97 Å². The van der Waals surface area contributed by atoms with Crippen LogP contribution in [0.2, 0.25) is 0 Å². The summed E-state index contributed by atoms with van der Waals surface area (Å²) in [4.78, 5) is 30.0. The van der Waals surface area contributed by atoms with Gasteiger partial charge in [0.2, 0.25) is 5.95 Å². The molecule has 0 radical (unpaired) electrons. The van der Waals surface area contributed by atoms with Gasteiger partial charge in [0.15, 0.2) is 0 Å². The molecular weight excluding hydrogens is 422 g/mol. The molecule has 0 saturated carbocycles. The number of hydrogen-bond donors (Lipinski definition) is 2. The van der Waals surface area contributed by atoms with Crippen molar-refractivity contribution in [2.75, 3.05) is 31.1 Å². The normalized spacial score (nSPS) is 14.7. The number of H-pyrrole nitrogens is 1. The second kappa shape index (κ2) is 9.02. The Morgan fingerprint density at radius 2 is 1.75 bits per heavy atom. The number of aromatic nitrogens is 3. The molecule has 4 aromatic rings. The fourth-order valence-corrected chi connectivity index (χ4v) is 5.04. The Hall–Kier alpha value is -3.36. The van der Waals surface area contributed by atoms with Crippen molar-refractivity contribution in [2.24, 2.45) is 0 Å². The first kappa shape index (κ1) is 20.5. The molecular formula is C24H23N5O2S. The van der Waals surface area contributed by atoms with Crippen LogP contribution in [0.25, 0.3) is 10.9 Å². The quantitative estimate of drug-likeness (QED) is 0.462. The molecule has 3 heterocycles. The largest absolute Gasteiger partial charge is 0.477 e. The third-order valence-electron chi connectivity index (χ3n) is 5.61. The van der Waals surface area contributed by atoms with Gasteiger partial charge in [-0.05, 0) is 35.9 Å². The van der Waals surface area contributed by atoms with Gasteiger partial charge in [-0.3, -0.25) is 4.90 Å². The average Bonchev–Trinajstić information content (AvgIpc) is 3.19. The Kier molecular flexibility index (Phi) is 5.79. The van der Waals surface area contributed by atoms with E-state index in [1.165, 1.54) is 17.3 Å². The second-order valence-corrected chi connectivity index (χ2v) is 8.83. The monoisotopic (exact) mass is 445 g/mol. The SMILES string of the molecule is O=C(O)c1[nH]c2ccc(CN3CCN(c4ncccn4)CC3)cc2c1Sc1ccccc1. The van der Waals surface area contributed by atoms with Crippen LogP contribution in [-0.4, -0.2) is 57.1 Å². The van der Waals surface area contributed by atoms with Crippen LogP contribution >= 0.6 is 11.8 Å². The van der Waals surface area contributed by atoms with Crippen LogP contribution in [0.15, 0.2) is 76.8 Å². The van der Waals surface area contributed by atoms with Gasteiger partial charge in [0.1, 0.15) is 5.69 Å². The van der Waals surface area contributed by atoms with E-state index in [1.807, 2.05) is 42.5 Å². The first-order valence-corrected chi connectivity index (χ1v) is 11.3. The third kappa shape index (κ3) is 4.32. The number of piperazine rings is 1. The minimum absolute atomic E-state index is 0.238. The van der Waals surface area contributed by atoms with Crippen LogP contribution in [0.1, 0.15) is 16.1 Å². The van der Waals surface area contributed by atoms with E-state index in [0.717, 1.165) is 59.4 Å². The number of rotatable bonds is 6. The number of fused-ring (bicyclic) bond motifs is 1. The van der Waals surface area contributed by atoms with E-state index in [2.05, 4.69) is 36.9 Å². The minimum Gasteiger partial charge on any atom is -0.477 e. The van der Waals surface area contributed by atoms with E-state index in [9.17, 15) is 9.90 Å². The molecule has 8 heteroatoms. The average molecular weight is 446 g/mol. The van der Waals surface area contributed by atoms with E-state index in [1.54, 1.807) is 12.4 Å². The van der Waals surface area contributed by atoms with Gasteiger partial charge in [-0.2, -0.15) is 0 Å². The summed E-state index contributed by atoms with van der Waals surface area (Å²) in [5, 5.41) is 10.7. The molecule has 0 bridgehead atoms. The van der Waals surface area contributed by atoms with Gasteiger partial charge in [0.05, 0.1) is 4.90 Å². The zero-order valence-electron chi connectivity index (χ0n) is 17.4. The summed E-state index contributed by atoms with van der Waals surface area (Å²) in [6.45, 7) is 4.44. The number of hydrogen-bond acceptors (Lipinski definition) is 6. The molecule has 0 amide bonds. The number of aromatic carboxylic acids is 1. The highest BCUT2D eigenvalue weighted by Gasteiger charge is 2.21. The molecule has 0 aliphatic carbocycles. The first-order chi connectivity index (χ1) is 15.7. The number of benzene rings is 2. The van der Waals surface area contributed by atoms with Crippen molar-refractivity contribution in [2.45, 2.75) is 16.3 Å². The summed E-state index contributed by atoms with van der Waals surface area (Å²) in [6, 6.07) is 17.9. The standard InChI is InChI=1S/C24H23N5O2S/c30-23(31)21-22(32-18-5-2-1-3-6-18)19-15-17(7-8-20(19)27-21)16-28-11-13-29(14-12-28)24-25-9-4-10-26-24/h1-10,15,27H,11-14,16H2,(H,30,31). The molecule has 0 unspecified atom stereocenters. The third-order valence-corrected chi connectivity index (χ3v) is 6.74. The van der Waals surface area contributed by atoms with Crippen LogP contribution in [0, 0.1) is 0 Å². The fraction of sp³-hybridized carbons (Fsp3) is 0.208. The molecule has 2 aromatic heterocycles. The highest BCUT2D eigenvalue weighted by Crippen LogP contribution is 2.37. The fourth-order valence-electron chi connectivity index (χ4n) is 3.99. The molecule has 1 fully saturated rings. The molecule has 1 aliphatic rings. The van der Waals surface area contributed by atoms with Crippen molar-refractivity contribution in [3.63, 3.8) is 0 Å². The topological polar surface area (TPSA) is 85.4 Å². The van der Waals surface area contributed by atoms with Crippen molar-refractivity contribution < 1.29 is 9.90 Å². The highest BCUT2D eigenvalue weighted by atomic mass is 32.2. The number of carboxylic acids is 1. The lowest BCUT2D eigenvalue weighted by Crippen LogP contribution is -2.46. The van der Waals surface area contributed by atoms with E-state index in [-0.39, 0.29) is 5.69 Å². The van der Waals surface area contributed by atoms with Crippen LogP contribution in [0.3, 0.4) is 0 Å². The summed E-state index contributed by atoms with van der Waals surface area (Å²) in [7, 11) is 0. The predicted molar refractivity (Wildman–Crippen MR) is 125 cm³/mol. The van der Waals surface area contributed by atoms with Crippen LogP contribution < -0.4 is 4.90 Å². The van der Waals surface area contributed by atoms with Crippen LogP contribution in [-0.2, 0) is 6.54 Å². The van der Waals surface area contributed by atoms with Gasteiger partial charge in [0.25, 0.3) is 0 Å². The predicted octanol–water partition coefficient (Wildman–Crippen LogP) is 4.13. The van der Waals surface area contributed by atoms with Crippen LogP contribution in [0.5, 0.6) is 0 Å². The Balaban J connectivity index is 1.35. The number of aromatic amines is 1. The molecule has 2 aromatic carbocycles. The van der Waals surface area contributed by atoms with Gasteiger partial charge in [-0.15, -0.1) is 0 Å². The number of carbonyl (C=O) groups is 1. The van der Waals surface area contributed by atoms with Crippen LogP contribution in [0.4, 0.5) is 5.95 Å². The lowest BCUT2D eigenvalue weighted by atomic mass is 10.1. The summed E-state index contributed by atoms with van der Waals surface area (Å²) >= 11 is 1.49. The van der Waals surface area contributed by atoms with Gasteiger partial charge in [-0.1, -0.05) is 36.0 Å². The van der Waals surface area contributed by atoms with E-state index in [0.29, 0.717) is 0 Å². The molecule has 2 N–H and O–H groups in total. The zero-order chi connectivity index (χ0) is 21.9. The molecule has 5 rings (SSSR count). The second-order valence-electron chi connectivity index (χ2n) is 7.74. The van der Waals surface area contributed by atoms with Gasteiger partial charge in [0, 0.05) is 60.9 Å². The number of anilines is 1. The van der Waals surface area contributed by atoms with E-state index >= 15 is 0 Å². The Morgan fingerprint density at radius 1 is 1.00 bits per heavy atom. The molecule has 162 valence electrons. The van der Waals surface area contributed by atoms with Crippen molar-refractivity contribution in [3.05, 3.63) is 78.2 Å². The summed E-state index contributed by atoms with van der Waals surface area (Å²) < 4.78 is 0. The number of nitrogens with one attached hydrogen (secondary N) is 1. The zero-order valence-corrected chi connectivity index (χ0v) is 18.3. The lowest BCUT2D eigenvalue weighted by Gasteiger charge is -2.34. The molecule has 7 nitrogen and oxygen atoms in total. The van der Waals surface area contributed by atoms with Gasteiger partial charge in [-0.25, -0.2) is 14.8 Å². The maximum absolute atomic E-state index is 11.9.